The number of aromatic nitrogens is 5. The fourth-order valence-corrected chi connectivity index (χ4v) is 4.77. The summed E-state index contributed by atoms with van der Waals surface area (Å²) < 4.78 is 38.2. The van der Waals surface area contributed by atoms with Crippen molar-refractivity contribution in [3.05, 3.63) is 42.2 Å². The molecule has 1 spiro atoms. The topological polar surface area (TPSA) is 107 Å². The Bertz CT molecular complexity index is 1090. The van der Waals surface area contributed by atoms with Crippen LogP contribution in [0, 0.1) is 0 Å². The van der Waals surface area contributed by atoms with Gasteiger partial charge >= 0.3 is 6.61 Å². The Kier molecular flexibility index (Phi) is 5.30. The molecular weight excluding hydrogens is 420 g/mol. The first-order chi connectivity index (χ1) is 15.5. The van der Waals surface area contributed by atoms with Crippen LogP contribution >= 0.6 is 0 Å². The molecule has 11 heteroatoms. The summed E-state index contributed by atoms with van der Waals surface area (Å²) in [5.41, 5.74) is 7.35. The first-order valence-electron chi connectivity index (χ1n) is 10.7. The fraction of sp³-hybridized carbons (Fsp3) is 0.476. The van der Waals surface area contributed by atoms with Gasteiger partial charge in [0, 0.05) is 37.2 Å². The van der Waals surface area contributed by atoms with Crippen LogP contribution in [-0.2, 0) is 16.9 Å². The molecule has 3 N–H and O–H groups in total. The van der Waals surface area contributed by atoms with E-state index in [-0.39, 0.29) is 17.6 Å². The summed E-state index contributed by atoms with van der Waals surface area (Å²) in [6.07, 6.45) is 6.89. The van der Waals surface area contributed by atoms with Gasteiger partial charge in [0.1, 0.15) is 11.4 Å². The zero-order valence-corrected chi connectivity index (χ0v) is 17.7. The first-order valence-corrected chi connectivity index (χ1v) is 10.7. The number of rotatable bonds is 6. The minimum Gasteiger partial charge on any atom is -0.431 e. The molecule has 0 bridgehead atoms. The van der Waals surface area contributed by atoms with Crippen molar-refractivity contribution >= 4 is 5.82 Å². The number of hydrogen-bond donors (Lipinski definition) is 2. The van der Waals surface area contributed by atoms with E-state index in [4.69, 9.17) is 15.6 Å². The highest BCUT2D eigenvalue weighted by atomic mass is 19.3. The van der Waals surface area contributed by atoms with Gasteiger partial charge in [-0.1, -0.05) is 6.92 Å². The Balaban J connectivity index is 1.44. The van der Waals surface area contributed by atoms with Gasteiger partial charge in [-0.2, -0.15) is 13.9 Å². The van der Waals surface area contributed by atoms with Crippen molar-refractivity contribution in [1.82, 2.24) is 29.6 Å². The molecule has 5 rings (SSSR count). The maximum atomic E-state index is 12.7. The second kappa shape index (κ2) is 8.14. The van der Waals surface area contributed by atoms with E-state index in [9.17, 15) is 8.78 Å². The lowest BCUT2D eigenvalue weighted by molar-refractivity contribution is -0.0742. The maximum absolute atomic E-state index is 12.7. The molecule has 1 unspecified atom stereocenters. The summed E-state index contributed by atoms with van der Waals surface area (Å²) in [5.74, 6) is 0.701. The van der Waals surface area contributed by atoms with Crippen molar-refractivity contribution in [3.63, 3.8) is 0 Å². The Morgan fingerprint density at radius 1 is 1.31 bits per heavy atom. The number of ether oxygens (including phenoxy) is 2. The van der Waals surface area contributed by atoms with Crippen molar-refractivity contribution in [1.29, 1.82) is 0 Å². The van der Waals surface area contributed by atoms with Crippen molar-refractivity contribution < 1.29 is 18.3 Å². The molecule has 0 aromatic carbocycles. The fourth-order valence-electron chi connectivity index (χ4n) is 4.77. The molecule has 5 heterocycles. The molecule has 2 aliphatic rings. The predicted molar refractivity (Wildman–Crippen MR) is 112 cm³/mol. The van der Waals surface area contributed by atoms with Gasteiger partial charge in [-0.05, 0) is 25.0 Å². The smallest absolute Gasteiger partial charge is 0.387 e. The third kappa shape index (κ3) is 3.61. The summed E-state index contributed by atoms with van der Waals surface area (Å²) >= 11 is 0. The van der Waals surface area contributed by atoms with Gasteiger partial charge in [-0.25, -0.2) is 9.97 Å². The van der Waals surface area contributed by atoms with Crippen molar-refractivity contribution in [2.45, 2.75) is 44.6 Å². The second-order valence-corrected chi connectivity index (χ2v) is 8.09. The van der Waals surface area contributed by atoms with E-state index in [2.05, 4.69) is 31.5 Å². The first kappa shape index (κ1) is 20.8. The number of nitrogens with two attached hydrogens (primary N) is 1. The van der Waals surface area contributed by atoms with E-state index in [1.807, 2.05) is 16.9 Å². The molecule has 1 fully saturated rings. The Morgan fingerprint density at radius 3 is 2.94 bits per heavy atom. The van der Waals surface area contributed by atoms with Crippen molar-refractivity contribution in [2.75, 3.05) is 25.4 Å². The molecule has 0 saturated carbocycles. The number of likely N-dealkylation sites (tertiary alicyclic amines) is 1. The third-order valence-electron chi connectivity index (χ3n) is 6.25. The van der Waals surface area contributed by atoms with E-state index in [0.29, 0.717) is 24.4 Å². The molecule has 2 aliphatic heterocycles. The highest BCUT2D eigenvalue weighted by Gasteiger charge is 2.47. The molecule has 0 radical (unpaired) electrons. The van der Waals surface area contributed by atoms with Crippen LogP contribution in [0.2, 0.25) is 0 Å². The van der Waals surface area contributed by atoms with Gasteiger partial charge in [-0.3, -0.25) is 9.58 Å². The van der Waals surface area contributed by atoms with Crippen LogP contribution in [0.1, 0.15) is 37.3 Å². The number of alkyl halides is 2. The Hall–Kier alpha value is -3.05. The lowest BCUT2D eigenvalue weighted by atomic mass is 9.96. The van der Waals surface area contributed by atoms with E-state index in [0.717, 1.165) is 37.4 Å². The molecule has 32 heavy (non-hydrogen) atoms. The van der Waals surface area contributed by atoms with Crippen LogP contribution in [0.5, 0.6) is 5.75 Å². The molecule has 0 aliphatic carbocycles. The van der Waals surface area contributed by atoms with Crippen LogP contribution in [0.25, 0.3) is 11.3 Å². The second-order valence-electron chi connectivity index (χ2n) is 8.09. The van der Waals surface area contributed by atoms with E-state index in [1.165, 1.54) is 12.3 Å². The average molecular weight is 445 g/mol. The number of nitrogen functional groups attached to an aromatic ring is 1. The Labute approximate surface area is 183 Å². The van der Waals surface area contributed by atoms with Gasteiger partial charge in [0.15, 0.2) is 11.6 Å². The maximum Gasteiger partial charge on any atom is 0.387 e. The van der Waals surface area contributed by atoms with Gasteiger partial charge in [-0.15, -0.1) is 0 Å². The molecule has 0 amide bonds. The number of pyridine rings is 1. The van der Waals surface area contributed by atoms with E-state index < -0.39 is 12.2 Å². The molecular formula is C21H25F2N7O2. The lowest BCUT2D eigenvalue weighted by Crippen LogP contribution is -2.41. The van der Waals surface area contributed by atoms with Crippen LogP contribution in [0.3, 0.4) is 0 Å². The van der Waals surface area contributed by atoms with E-state index >= 15 is 0 Å². The number of hydrogen-bond acceptors (Lipinski definition) is 7. The molecule has 3 aromatic heterocycles. The summed E-state index contributed by atoms with van der Waals surface area (Å²) in [5, 5.41) is 4.71. The van der Waals surface area contributed by atoms with Gasteiger partial charge in [0.05, 0.1) is 30.6 Å². The summed E-state index contributed by atoms with van der Waals surface area (Å²) in [6.45, 7) is 1.93. The SMILES string of the molecule is CCC(c1ncc[nH]1)N1CC[C@]2(C1)OCCn1nc(-c3cnc(N)c(OC(F)F)c3)cc12. The lowest BCUT2D eigenvalue weighted by Gasteiger charge is -2.35. The number of halogens is 2. The highest BCUT2D eigenvalue weighted by molar-refractivity contribution is 5.64. The zero-order valence-electron chi connectivity index (χ0n) is 17.7. The quantitative estimate of drug-likeness (QED) is 0.601. The van der Waals surface area contributed by atoms with Gasteiger partial charge < -0.3 is 20.2 Å². The molecule has 2 atom stereocenters. The van der Waals surface area contributed by atoms with Gasteiger partial charge in [0.25, 0.3) is 0 Å². The predicted octanol–water partition coefficient (Wildman–Crippen LogP) is 2.93. The number of nitrogens with one attached hydrogen (secondary N) is 1. The third-order valence-corrected chi connectivity index (χ3v) is 6.25. The molecule has 1 saturated heterocycles. The number of aromatic amines is 1. The largest absolute Gasteiger partial charge is 0.431 e. The van der Waals surface area contributed by atoms with Crippen LogP contribution in [0.4, 0.5) is 14.6 Å². The molecule has 170 valence electrons. The number of fused-ring (bicyclic) bond motifs is 2. The minimum atomic E-state index is -2.98. The van der Waals surface area contributed by atoms with Crippen molar-refractivity contribution in [2.24, 2.45) is 0 Å². The zero-order chi connectivity index (χ0) is 22.3. The Morgan fingerprint density at radius 2 is 2.19 bits per heavy atom. The van der Waals surface area contributed by atoms with Crippen LogP contribution in [0.15, 0.2) is 30.7 Å². The summed E-state index contributed by atoms with van der Waals surface area (Å²) in [6, 6.07) is 3.58. The number of H-pyrrole nitrogens is 1. The minimum absolute atomic E-state index is 0.0900. The summed E-state index contributed by atoms with van der Waals surface area (Å²) in [7, 11) is 0. The number of imidazole rings is 1. The standard InChI is InChI=1S/C21H25F2N7O2/c1-2-15(19-25-4-5-26-19)29-6-3-21(12-29)17-10-14(28-30(17)7-8-31-21)13-9-16(32-20(22)23)18(24)27-11-13/h4-5,9-11,15,20H,2-3,6-8,12H2,1H3,(H2,24,27)(H,25,26)/t15?,21-/m1/s1. The normalized spacial score (nSPS) is 21.9. The summed E-state index contributed by atoms with van der Waals surface area (Å²) in [4.78, 5) is 14.1. The van der Waals surface area contributed by atoms with Gasteiger partial charge in [0.2, 0.25) is 0 Å². The van der Waals surface area contributed by atoms with Crippen molar-refractivity contribution in [3.8, 4) is 17.0 Å². The highest BCUT2D eigenvalue weighted by Crippen LogP contribution is 2.42. The monoisotopic (exact) mass is 445 g/mol. The van der Waals surface area contributed by atoms with Crippen LogP contribution in [-0.4, -0.2) is 55.9 Å². The molecule has 3 aromatic rings. The van der Waals surface area contributed by atoms with E-state index in [1.54, 1.807) is 6.20 Å². The molecule has 9 nitrogen and oxygen atoms in total. The van der Waals surface area contributed by atoms with Crippen LogP contribution < -0.4 is 10.5 Å². The number of anilines is 1. The number of nitrogens with zero attached hydrogens (tertiary/aromatic N) is 5. The average Bonchev–Trinajstić information content (AvgIpc) is 3.51.